The Kier molecular flexibility index (Phi) is 7.17. The van der Waals surface area contributed by atoms with E-state index >= 15 is 0 Å². The fourth-order valence-electron chi connectivity index (χ4n) is 6.65. The zero-order valence-corrected chi connectivity index (χ0v) is 23.1. The van der Waals surface area contributed by atoms with Gasteiger partial charge in [-0.3, -0.25) is 9.59 Å². The van der Waals surface area contributed by atoms with Crippen molar-refractivity contribution >= 4 is 5.91 Å². The van der Waals surface area contributed by atoms with Crippen molar-refractivity contribution in [1.29, 1.82) is 0 Å². The number of H-pyrrole nitrogens is 1. The molecule has 1 saturated heterocycles. The molecular weight excluding hydrogens is 559 g/mol. The molecule has 1 N–H and O–H groups in total. The van der Waals surface area contributed by atoms with E-state index in [0.717, 1.165) is 6.07 Å². The van der Waals surface area contributed by atoms with Crippen molar-refractivity contribution in [3.63, 3.8) is 0 Å². The number of benzene rings is 1. The Morgan fingerprint density at radius 1 is 1.05 bits per heavy atom. The van der Waals surface area contributed by atoms with Crippen LogP contribution in [0.3, 0.4) is 0 Å². The minimum absolute atomic E-state index is 0.00905. The lowest BCUT2D eigenvalue weighted by Gasteiger charge is -2.32. The van der Waals surface area contributed by atoms with Gasteiger partial charge in [0.1, 0.15) is 17.1 Å². The van der Waals surface area contributed by atoms with Gasteiger partial charge in [0.2, 0.25) is 5.91 Å². The molecule has 224 valence electrons. The molecule has 3 aliphatic rings. The number of hydrogen-bond acceptors (Lipinski definition) is 5. The number of halogens is 5. The van der Waals surface area contributed by atoms with Crippen LogP contribution in [0, 0.1) is 18.6 Å². The van der Waals surface area contributed by atoms with E-state index in [1.807, 2.05) is 0 Å². The van der Waals surface area contributed by atoms with E-state index < -0.39 is 35.1 Å². The SMILES string of the molecule is Cc1cc(C2CCN(C(=O)C[C@@H]3CC[C@@H](c4cccc(F)c4F)Cn4c3nnc4C3(C(F)(F)F)CC3)CC2)c(=O)[nH]n1. The third kappa shape index (κ3) is 5.00. The van der Waals surface area contributed by atoms with Crippen molar-refractivity contribution < 1.29 is 26.7 Å². The first-order chi connectivity index (χ1) is 20.0. The van der Waals surface area contributed by atoms with E-state index in [4.69, 9.17) is 0 Å². The highest BCUT2D eigenvalue weighted by Crippen LogP contribution is 2.59. The average Bonchev–Trinajstić information content (AvgIpc) is 3.71. The summed E-state index contributed by atoms with van der Waals surface area (Å²) >= 11 is 0. The highest BCUT2D eigenvalue weighted by atomic mass is 19.4. The zero-order chi connectivity index (χ0) is 29.8. The molecule has 0 spiro atoms. The summed E-state index contributed by atoms with van der Waals surface area (Å²) in [5, 5.41) is 14.6. The molecule has 2 aliphatic heterocycles. The van der Waals surface area contributed by atoms with Crippen LogP contribution in [0.1, 0.15) is 91.2 Å². The van der Waals surface area contributed by atoms with Gasteiger partial charge in [-0.05, 0) is 69.1 Å². The van der Waals surface area contributed by atoms with Gasteiger partial charge in [-0.1, -0.05) is 12.1 Å². The van der Waals surface area contributed by atoms with E-state index in [1.54, 1.807) is 17.9 Å². The van der Waals surface area contributed by atoms with Gasteiger partial charge in [-0.25, -0.2) is 13.9 Å². The Morgan fingerprint density at radius 3 is 2.48 bits per heavy atom. The monoisotopic (exact) mass is 590 g/mol. The van der Waals surface area contributed by atoms with Crippen molar-refractivity contribution in [3.8, 4) is 0 Å². The summed E-state index contributed by atoms with van der Waals surface area (Å²) in [6, 6.07) is 5.61. The molecular formula is C29H31F5N6O2. The van der Waals surface area contributed by atoms with Crippen LogP contribution in [0.5, 0.6) is 0 Å². The topological polar surface area (TPSA) is 96.8 Å². The van der Waals surface area contributed by atoms with E-state index in [0.29, 0.717) is 50.0 Å². The summed E-state index contributed by atoms with van der Waals surface area (Å²) in [5.74, 6) is -3.30. The summed E-state index contributed by atoms with van der Waals surface area (Å²) in [7, 11) is 0. The molecule has 3 aromatic rings. The number of piperidine rings is 1. The molecule has 0 bridgehead atoms. The molecule has 2 fully saturated rings. The Morgan fingerprint density at radius 2 is 1.79 bits per heavy atom. The molecule has 2 atom stereocenters. The number of hydrogen-bond donors (Lipinski definition) is 1. The molecule has 8 nitrogen and oxygen atoms in total. The summed E-state index contributed by atoms with van der Waals surface area (Å²) in [4.78, 5) is 27.5. The largest absolute Gasteiger partial charge is 0.401 e. The van der Waals surface area contributed by atoms with Gasteiger partial charge in [0.15, 0.2) is 11.6 Å². The first-order valence-corrected chi connectivity index (χ1v) is 14.3. The number of alkyl halides is 3. The molecule has 1 aromatic carbocycles. The summed E-state index contributed by atoms with van der Waals surface area (Å²) in [6.07, 6.45) is -2.88. The van der Waals surface area contributed by atoms with Gasteiger partial charge in [0, 0.05) is 43.5 Å². The smallest absolute Gasteiger partial charge is 0.343 e. The maximum absolute atomic E-state index is 14.8. The number of nitrogens with zero attached hydrogens (tertiary/aromatic N) is 5. The normalized spacial score (nSPS) is 22.5. The maximum Gasteiger partial charge on any atom is 0.401 e. The van der Waals surface area contributed by atoms with Gasteiger partial charge in [0.05, 0.1) is 5.69 Å². The Bertz CT molecular complexity index is 1550. The van der Waals surface area contributed by atoms with Crippen LogP contribution in [0.15, 0.2) is 29.1 Å². The third-order valence-electron chi connectivity index (χ3n) is 9.22. The number of likely N-dealkylation sites (tertiary alicyclic amines) is 1. The van der Waals surface area contributed by atoms with Crippen molar-refractivity contribution in [1.82, 2.24) is 29.9 Å². The van der Waals surface area contributed by atoms with E-state index in [2.05, 4.69) is 20.4 Å². The Labute approximate surface area is 238 Å². The molecule has 13 heteroatoms. The van der Waals surface area contributed by atoms with Crippen molar-refractivity contribution in [2.75, 3.05) is 13.1 Å². The number of aromatic nitrogens is 5. The minimum atomic E-state index is -4.53. The fraction of sp³-hybridized carbons (Fsp3) is 0.552. The third-order valence-corrected chi connectivity index (χ3v) is 9.22. The first-order valence-electron chi connectivity index (χ1n) is 14.3. The molecule has 6 rings (SSSR count). The average molecular weight is 591 g/mol. The number of rotatable bonds is 5. The number of nitrogens with one attached hydrogen (secondary N) is 1. The summed E-state index contributed by atoms with van der Waals surface area (Å²) in [5.41, 5.74) is -0.917. The Hall–Kier alpha value is -3.64. The van der Waals surface area contributed by atoms with Crippen molar-refractivity contribution in [2.24, 2.45) is 0 Å². The summed E-state index contributed by atoms with van der Waals surface area (Å²) in [6.45, 7) is 2.63. The lowest BCUT2D eigenvalue weighted by atomic mass is 9.88. The molecule has 2 aromatic heterocycles. The van der Waals surface area contributed by atoms with Gasteiger partial charge in [0.25, 0.3) is 5.56 Å². The number of amides is 1. The molecule has 0 radical (unpaired) electrons. The molecule has 4 heterocycles. The Balaban J connectivity index is 1.24. The summed E-state index contributed by atoms with van der Waals surface area (Å²) < 4.78 is 72.8. The van der Waals surface area contributed by atoms with Gasteiger partial charge >= 0.3 is 6.18 Å². The molecule has 1 saturated carbocycles. The van der Waals surface area contributed by atoms with Gasteiger partial charge in [-0.15, -0.1) is 10.2 Å². The van der Waals surface area contributed by atoms with Crippen LogP contribution in [0.25, 0.3) is 0 Å². The van der Waals surface area contributed by atoms with Crippen LogP contribution < -0.4 is 5.56 Å². The number of carbonyl (C=O) groups excluding carboxylic acids is 1. The van der Waals surface area contributed by atoms with Crippen LogP contribution in [-0.4, -0.2) is 55.0 Å². The highest BCUT2D eigenvalue weighted by molar-refractivity contribution is 5.77. The number of carbonyl (C=O) groups is 1. The van der Waals surface area contributed by atoms with E-state index in [9.17, 15) is 31.5 Å². The minimum Gasteiger partial charge on any atom is -0.343 e. The number of aromatic amines is 1. The van der Waals surface area contributed by atoms with Gasteiger partial charge < -0.3 is 9.47 Å². The maximum atomic E-state index is 14.8. The van der Waals surface area contributed by atoms with Crippen LogP contribution >= 0.6 is 0 Å². The van der Waals surface area contributed by atoms with E-state index in [1.165, 1.54) is 16.7 Å². The first kappa shape index (κ1) is 28.5. The van der Waals surface area contributed by atoms with Crippen molar-refractivity contribution in [2.45, 2.75) is 87.8 Å². The molecule has 0 unspecified atom stereocenters. The lowest BCUT2D eigenvalue weighted by Crippen LogP contribution is -2.39. The highest BCUT2D eigenvalue weighted by Gasteiger charge is 2.67. The van der Waals surface area contributed by atoms with Crippen LogP contribution in [0.2, 0.25) is 0 Å². The molecule has 1 amide bonds. The fourth-order valence-corrected chi connectivity index (χ4v) is 6.65. The molecule has 1 aliphatic carbocycles. The second-order valence-corrected chi connectivity index (χ2v) is 11.8. The van der Waals surface area contributed by atoms with Crippen LogP contribution in [-0.2, 0) is 16.8 Å². The number of fused-ring (bicyclic) bond motifs is 1. The lowest BCUT2D eigenvalue weighted by molar-refractivity contribution is -0.163. The van der Waals surface area contributed by atoms with E-state index in [-0.39, 0.29) is 60.4 Å². The predicted octanol–water partition coefficient (Wildman–Crippen LogP) is 5.00. The number of aryl methyl sites for hydroxylation is 1. The quantitative estimate of drug-likeness (QED) is 0.422. The van der Waals surface area contributed by atoms with Crippen LogP contribution in [0.4, 0.5) is 22.0 Å². The predicted molar refractivity (Wildman–Crippen MR) is 141 cm³/mol. The second kappa shape index (κ2) is 10.6. The molecule has 42 heavy (non-hydrogen) atoms. The standard InChI is InChI=1S/C29H31F5N6O2/c1-16-13-21(26(42)37-35-16)17-7-11-39(12-8-17)23(41)14-18-5-6-19(20-3-2-4-22(30)24(20)31)15-40-25(18)36-38-27(40)28(9-10-28)29(32,33)34/h2-4,13,17-19H,5-12,14-15H2,1H3,(H,37,42)/t18-,19+/m0/s1. The van der Waals surface area contributed by atoms with Crippen molar-refractivity contribution in [3.05, 3.63) is 74.7 Å². The van der Waals surface area contributed by atoms with Gasteiger partial charge in [-0.2, -0.15) is 18.3 Å². The second-order valence-electron chi connectivity index (χ2n) is 11.8. The zero-order valence-electron chi connectivity index (χ0n) is 23.1.